The summed E-state index contributed by atoms with van der Waals surface area (Å²) in [6, 6.07) is 10.0. The second kappa shape index (κ2) is 5.28. The van der Waals surface area contributed by atoms with Gasteiger partial charge >= 0.3 is 0 Å². The van der Waals surface area contributed by atoms with Gasteiger partial charge in [-0.15, -0.1) is 0 Å². The zero-order valence-electron chi connectivity index (χ0n) is 10.8. The second-order valence-electron chi connectivity index (χ2n) is 4.78. The van der Waals surface area contributed by atoms with Gasteiger partial charge in [-0.05, 0) is 37.1 Å². The number of amides is 1. The van der Waals surface area contributed by atoms with E-state index in [-0.39, 0.29) is 11.4 Å². The van der Waals surface area contributed by atoms with E-state index < -0.39 is 11.7 Å². The van der Waals surface area contributed by atoms with E-state index in [1.165, 1.54) is 12.1 Å². The number of rotatable bonds is 4. The summed E-state index contributed by atoms with van der Waals surface area (Å²) in [5.74, 6) is -0.886. The van der Waals surface area contributed by atoms with Crippen molar-refractivity contribution in [2.24, 2.45) is 0 Å². The highest BCUT2D eigenvalue weighted by Crippen LogP contribution is 2.24. The predicted molar refractivity (Wildman–Crippen MR) is 75.2 cm³/mol. The number of nitrogens with one attached hydrogen (secondary N) is 2. The fourth-order valence-electron chi connectivity index (χ4n) is 1.86. The molecule has 0 atom stereocenters. The molecule has 1 saturated carbocycles. The van der Waals surface area contributed by atoms with E-state index in [0.29, 0.717) is 6.04 Å². The average Bonchev–Trinajstić information content (AvgIpc) is 3.25. The highest BCUT2D eigenvalue weighted by molar-refractivity contribution is 6.03. The van der Waals surface area contributed by atoms with Crippen molar-refractivity contribution in [2.45, 2.75) is 18.9 Å². The number of halogens is 1. The first kappa shape index (κ1) is 12.6. The van der Waals surface area contributed by atoms with Gasteiger partial charge in [0.15, 0.2) is 0 Å². The number of pyridine rings is 1. The molecule has 0 saturated heterocycles. The number of nitrogens with zero attached hydrogens (tertiary/aromatic N) is 1. The largest absolute Gasteiger partial charge is 0.382 e. The Morgan fingerprint density at radius 3 is 2.80 bits per heavy atom. The SMILES string of the molecule is O=C(Nc1ccccc1F)c1cc(NC2CC2)ccn1. The normalized spacial score (nSPS) is 13.8. The van der Waals surface area contributed by atoms with Crippen LogP contribution in [-0.4, -0.2) is 16.9 Å². The lowest BCUT2D eigenvalue weighted by molar-refractivity contribution is 0.102. The number of para-hydroxylation sites is 1. The number of carbonyl (C=O) groups excluding carboxylic acids is 1. The lowest BCUT2D eigenvalue weighted by Crippen LogP contribution is -2.15. The molecular weight excluding hydrogens is 257 g/mol. The topological polar surface area (TPSA) is 54.0 Å². The summed E-state index contributed by atoms with van der Waals surface area (Å²) in [5, 5.41) is 5.81. The third kappa shape index (κ3) is 2.93. The number of hydrogen-bond acceptors (Lipinski definition) is 3. The standard InChI is InChI=1S/C15H14FN3O/c16-12-3-1-2-4-13(12)19-15(20)14-9-11(7-8-17-14)18-10-5-6-10/h1-4,7-10H,5-6H2,(H,17,18)(H,19,20). The third-order valence-corrected chi connectivity index (χ3v) is 3.06. The zero-order chi connectivity index (χ0) is 13.9. The fraction of sp³-hybridized carbons (Fsp3) is 0.200. The van der Waals surface area contributed by atoms with Gasteiger partial charge in [0.25, 0.3) is 5.91 Å². The van der Waals surface area contributed by atoms with Gasteiger partial charge in [0, 0.05) is 17.9 Å². The van der Waals surface area contributed by atoms with Crippen molar-refractivity contribution in [3.05, 3.63) is 54.1 Å². The molecule has 20 heavy (non-hydrogen) atoms. The van der Waals surface area contributed by atoms with Crippen LogP contribution in [0, 0.1) is 5.82 Å². The van der Waals surface area contributed by atoms with Gasteiger partial charge in [0.2, 0.25) is 0 Å². The van der Waals surface area contributed by atoms with E-state index in [1.807, 2.05) is 6.07 Å². The third-order valence-electron chi connectivity index (χ3n) is 3.06. The lowest BCUT2D eigenvalue weighted by Gasteiger charge is -2.08. The molecule has 1 amide bonds. The molecule has 5 heteroatoms. The fourth-order valence-corrected chi connectivity index (χ4v) is 1.86. The molecule has 1 fully saturated rings. The predicted octanol–water partition coefficient (Wildman–Crippen LogP) is 3.05. The Bertz CT molecular complexity index is 641. The van der Waals surface area contributed by atoms with Crippen LogP contribution in [0.5, 0.6) is 0 Å². The van der Waals surface area contributed by atoms with Gasteiger partial charge < -0.3 is 10.6 Å². The average molecular weight is 271 g/mol. The van der Waals surface area contributed by atoms with Crippen molar-refractivity contribution in [1.29, 1.82) is 0 Å². The van der Waals surface area contributed by atoms with E-state index in [1.54, 1.807) is 24.4 Å². The van der Waals surface area contributed by atoms with E-state index in [9.17, 15) is 9.18 Å². The maximum absolute atomic E-state index is 13.5. The number of hydrogen-bond donors (Lipinski definition) is 2. The minimum atomic E-state index is -0.465. The molecule has 4 nitrogen and oxygen atoms in total. The van der Waals surface area contributed by atoms with Crippen LogP contribution in [0.25, 0.3) is 0 Å². The van der Waals surface area contributed by atoms with Gasteiger partial charge in [0.1, 0.15) is 11.5 Å². The molecule has 1 aliphatic carbocycles. The highest BCUT2D eigenvalue weighted by atomic mass is 19.1. The van der Waals surface area contributed by atoms with Gasteiger partial charge in [-0.3, -0.25) is 9.78 Å². The molecular formula is C15H14FN3O. The van der Waals surface area contributed by atoms with Crippen LogP contribution in [0.15, 0.2) is 42.6 Å². The lowest BCUT2D eigenvalue weighted by atomic mass is 10.2. The molecule has 0 bridgehead atoms. The second-order valence-corrected chi connectivity index (χ2v) is 4.78. The maximum Gasteiger partial charge on any atom is 0.274 e. The molecule has 1 aromatic carbocycles. The summed E-state index contributed by atoms with van der Waals surface area (Å²) in [7, 11) is 0. The van der Waals surface area contributed by atoms with Crippen LogP contribution in [0.4, 0.5) is 15.8 Å². The molecule has 0 radical (unpaired) electrons. The Labute approximate surface area is 116 Å². The molecule has 0 unspecified atom stereocenters. The van der Waals surface area contributed by atoms with E-state index in [4.69, 9.17) is 0 Å². The molecule has 0 aliphatic heterocycles. The van der Waals surface area contributed by atoms with Gasteiger partial charge in [-0.2, -0.15) is 0 Å². The Morgan fingerprint density at radius 1 is 1.25 bits per heavy atom. The molecule has 1 aromatic heterocycles. The van der Waals surface area contributed by atoms with Crippen molar-refractivity contribution in [3.63, 3.8) is 0 Å². The van der Waals surface area contributed by atoms with Crippen LogP contribution >= 0.6 is 0 Å². The smallest absolute Gasteiger partial charge is 0.274 e. The first-order chi connectivity index (χ1) is 9.72. The van der Waals surface area contributed by atoms with Crippen LogP contribution in [0.3, 0.4) is 0 Å². The first-order valence-electron chi connectivity index (χ1n) is 6.51. The monoisotopic (exact) mass is 271 g/mol. The number of carbonyl (C=O) groups is 1. The minimum absolute atomic E-state index is 0.153. The van der Waals surface area contributed by atoms with Crippen molar-refractivity contribution in [2.75, 3.05) is 10.6 Å². The Kier molecular flexibility index (Phi) is 3.33. The quantitative estimate of drug-likeness (QED) is 0.898. The maximum atomic E-state index is 13.5. The molecule has 2 aromatic rings. The Morgan fingerprint density at radius 2 is 2.05 bits per heavy atom. The van der Waals surface area contributed by atoms with Crippen molar-refractivity contribution >= 4 is 17.3 Å². The molecule has 2 N–H and O–H groups in total. The summed E-state index contributed by atoms with van der Waals surface area (Å²) in [6.07, 6.45) is 3.87. The summed E-state index contributed by atoms with van der Waals surface area (Å²) in [6.45, 7) is 0. The molecule has 1 aliphatic rings. The van der Waals surface area contributed by atoms with Crippen molar-refractivity contribution in [3.8, 4) is 0 Å². The van der Waals surface area contributed by atoms with Crippen LogP contribution in [-0.2, 0) is 0 Å². The summed E-state index contributed by atoms with van der Waals surface area (Å²) >= 11 is 0. The molecule has 0 spiro atoms. The van der Waals surface area contributed by atoms with E-state index >= 15 is 0 Å². The molecule has 102 valence electrons. The van der Waals surface area contributed by atoms with Gasteiger partial charge in [-0.1, -0.05) is 12.1 Å². The van der Waals surface area contributed by atoms with E-state index in [0.717, 1.165) is 18.5 Å². The Balaban J connectivity index is 1.74. The van der Waals surface area contributed by atoms with Crippen LogP contribution in [0.1, 0.15) is 23.3 Å². The van der Waals surface area contributed by atoms with Crippen LogP contribution in [0.2, 0.25) is 0 Å². The number of aromatic nitrogens is 1. The number of anilines is 2. The summed E-state index contributed by atoms with van der Waals surface area (Å²) < 4.78 is 13.5. The Hall–Kier alpha value is -2.43. The van der Waals surface area contributed by atoms with Gasteiger partial charge in [0.05, 0.1) is 5.69 Å². The first-order valence-corrected chi connectivity index (χ1v) is 6.51. The van der Waals surface area contributed by atoms with E-state index in [2.05, 4.69) is 15.6 Å². The minimum Gasteiger partial charge on any atom is -0.382 e. The number of benzene rings is 1. The molecule has 3 rings (SSSR count). The summed E-state index contributed by atoms with van der Waals surface area (Å²) in [5.41, 5.74) is 1.28. The van der Waals surface area contributed by atoms with Gasteiger partial charge in [-0.25, -0.2) is 4.39 Å². The highest BCUT2D eigenvalue weighted by Gasteiger charge is 2.21. The zero-order valence-corrected chi connectivity index (χ0v) is 10.8. The molecule has 1 heterocycles. The van der Waals surface area contributed by atoms with Crippen molar-refractivity contribution < 1.29 is 9.18 Å². The van der Waals surface area contributed by atoms with Crippen LogP contribution < -0.4 is 10.6 Å². The summed E-state index contributed by atoms with van der Waals surface area (Å²) in [4.78, 5) is 16.1. The van der Waals surface area contributed by atoms with Crippen molar-refractivity contribution in [1.82, 2.24) is 4.98 Å².